The van der Waals surface area contributed by atoms with Crippen LogP contribution in [0.5, 0.6) is 0 Å². The summed E-state index contributed by atoms with van der Waals surface area (Å²) in [4.78, 5) is 26.1. The van der Waals surface area contributed by atoms with Gasteiger partial charge in [-0.1, -0.05) is 18.6 Å². The van der Waals surface area contributed by atoms with Gasteiger partial charge in [-0.05, 0) is 88.1 Å². The lowest BCUT2D eigenvalue weighted by Crippen LogP contribution is -2.59. The number of rotatable bonds is 7. The summed E-state index contributed by atoms with van der Waals surface area (Å²) in [7, 11) is -2.04. The van der Waals surface area contributed by atoms with Crippen molar-refractivity contribution in [2.45, 2.75) is 109 Å². The zero-order chi connectivity index (χ0) is 25.8. The molecule has 6 nitrogen and oxygen atoms in total. The van der Waals surface area contributed by atoms with Crippen LogP contribution >= 0.6 is 0 Å². The lowest BCUT2D eigenvalue weighted by Gasteiger charge is -2.53. The van der Waals surface area contributed by atoms with Crippen molar-refractivity contribution in [2.24, 2.45) is 17.3 Å². The molecule has 5 aliphatic rings. The van der Waals surface area contributed by atoms with E-state index in [4.69, 9.17) is 18.6 Å². The maximum Gasteiger partial charge on any atom is 0.306 e. The highest BCUT2D eigenvalue weighted by Gasteiger charge is 2.65. The number of fused-ring (bicyclic) bond motifs is 4. The Labute approximate surface area is 217 Å². The molecule has 0 aromatic carbocycles. The second kappa shape index (κ2) is 9.48. The molecule has 2 fully saturated rings. The van der Waals surface area contributed by atoms with E-state index in [9.17, 15) is 9.59 Å². The maximum absolute atomic E-state index is 14.0. The van der Waals surface area contributed by atoms with Crippen LogP contribution in [0.1, 0.15) is 78.1 Å². The van der Waals surface area contributed by atoms with Crippen molar-refractivity contribution in [3.05, 3.63) is 22.8 Å². The fourth-order valence-electron chi connectivity index (χ4n) is 8.15. The third-order valence-electron chi connectivity index (χ3n) is 9.56. The molecule has 0 aromatic heterocycles. The zero-order valence-electron chi connectivity index (χ0n) is 22.9. The topological polar surface area (TPSA) is 71.1 Å². The number of esters is 1. The van der Waals surface area contributed by atoms with E-state index in [2.05, 4.69) is 32.6 Å². The lowest BCUT2D eigenvalue weighted by molar-refractivity contribution is -0.164. The minimum Gasteiger partial charge on any atom is -0.466 e. The van der Waals surface area contributed by atoms with Gasteiger partial charge in [0.1, 0.15) is 5.60 Å². The summed E-state index contributed by atoms with van der Waals surface area (Å²) < 4.78 is 24.1. The van der Waals surface area contributed by atoms with E-state index in [1.165, 1.54) is 11.1 Å². The Balaban J connectivity index is 1.44. The fraction of sp³-hybridized carbons (Fsp3) is 0.793. The number of ether oxygens (including phenoxy) is 3. The average molecular weight is 517 g/mol. The minimum atomic E-state index is -2.04. The predicted octanol–water partition coefficient (Wildman–Crippen LogP) is 5.87. The van der Waals surface area contributed by atoms with Crippen molar-refractivity contribution in [2.75, 3.05) is 19.8 Å². The first-order valence-electron chi connectivity index (χ1n) is 14.1. The molecule has 0 radical (unpaired) electrons. The number of hydrogen-bond acceptors (Lipinski definition) is 6. The Hall–Kier alpha value is -1.28. The van der Waals surface area contributed by atoms with Crippen molar-refractivity contribution in [3.8, 4) is 0 Å². The van der Waals surface area contributed by atoms with Crippen LogP contribution in [0, 0.1) is 17.3 Å². The van der Waals surface area contributed by atoms with Crippen molar-refractivity contribution < 1.29 is 28.2 Å². The summed E-state index contributed by atoms with van der Waals surface area (Å²) in [5, 5.41) is 0. The normalized spacial score (nSPS) is 35.2. The number of Topliss-reactive ketones (excluding diaryl/α,β-unsaturated/α-hetero) is 1. The van der Waals surface area contributed by atoms with E-state index in [1.807, 2.05) is 0 Å². The van der Waals surface area contributed by atoms with Gasteiger partial charge in [0, 0.05) is 24.7 Å². The van der Waals surface area contributed by atoms with E-state index < -0.39 is 13.9 Å². The highest BCUT2D eigenvalue weighted by Crippen LogP contribution is 2.65. The van der Waals surface area contributed by atoms with Gasteiger partial charge in [0.25, 0.3) is 0 Å². The summed E-state index contributed by atoms with van der Waals surface area (Å²) in [6.07, 6.45) is 10.5. The maximum atomic E-state index is 14.0. The van der Waals surface area contributed by atoms with Crippen LogP contribution in [0.25, 0.3) is 0 Å². The first-order chi connectivity index (χ1) is 17.0. The molecule has 7 heteroatoms. The molecule has 4 atom stereocenters. The molecule has 0 bridgehead atoms. The number of allylic oxidation sites excluding steroid dienone is 3. The molecule has 1 saturated carbocycles. The second-order valence-corrected chi connectivity index (χ2v) is 17.1. The lowest BCUT2D eigenvalue weighted by atomic mass is 9.55. The van der Waals surface area contributed by atoms with Crippen molar-refractivity contribution >= 4 is 20.1 Å². The molecule has 1 saturated heterocycles. The van der Waals surface area contributed by atoms with Gasteiger partial charge in [-0.15, -0.1) is 0 Å². The zero-order valence-corrected chi connectivity index (χ0v) is 23.9. The van der Waals surface area contributed by atoms with Gasteiger partial charge < -0.3 is 18.6 Å². The highest BCUT2D eigenvalue weighted by molar-refractivity contribution is 6.70. The first kappa shape index (κ1) is 26.3. The largest absolute Gasteiger partial charge is 0.466 e. The molecule has 4 aliphatic carbocycles. The van der Waals surface area contributed by atoms with Gasteiger partial charge in [0.05, 0.1) is 26.2 Å². The van der Waals surface area contributed by atoms with Crippen LogP contribution < -0.4 is 0 Å². The van der Waals surface area contributed by atoms with Gasteiger partial charge in [0.15, 0.2) is 19.9 Å². The Morgan fingerprint density at radius 2 is 1.83 bits per heavy atom. The molecular weight excluding hydrogens is 472 g/mol. The first-order valence-corrected chi connectivity index (χ1v) is 17.5. The molecule has 1 spiro atoms. The molecule has 5 rings (SSSR count). The molecule has 200 valence electrons. The van der Waals surface area contributed by atoms with Crippen molar-refractivity contribution in [1.82, 2.24) is 0 Å². The minimum absolute atomic E-state index is 0.102. The van der Waals surface area contributed by atoms with Crippen molar-refractivity contribution in [1.29, 1.82) is 0 Å². The summed E-state index contributed by atoms with van der Waals surface area (Å²) >= 11 is 0. The van der Waals surface area contributed by atoms with E-state index in [0.29, 0.717) is 31.7 Å². The van der Waals surface area contributed by atoms with Gasteiger partial charge in [-0.3, -0.25) is 9.59 Å². The third-order valence-corrected chi connectivity index (χ3v) is 10.5. The highest BCUT2D eigenvalue weighted by atomic mass is 28.4. The second-order valence-electron chi connectivity index (χ2n) is 12.7. The van der Waals surface area contributed by atoms with Crippen LogP contribution in [0.3, 0.4) is 0 Å². The Kier molecular flexibility index (Phi) is 6.93. The van der Waals surface area contributed by atoms with Crippen LogP contribution in [0.2, 0.25) is 19.6 Å². The molecule has 1 heterocycles. The average Bonchev–Trinajstić information content (AvgIpc) is 3.39. The number of hydrogen-bond donors (Lipinski definition) is 0. The van der Waals surface area contributed by atoms with E-state index >= 15 is 0 Å². The summed E-state index contributed by atoms with van der Waals surface area (Å²) in [6, 6.07) is 0. The van der Waals surface area contributed by atoms with Gasteiger partial charge in [-0.25, -0.2) is 0 Å². The van der Waals surface area contributed by atoms with Crippen LogP contribution in [-0.2, 0) is 28.2 Å². The fourth-order valence-corrected chi connectivity index (χ4v) is 9.64. The number of carbonyl (C=O) groups is 2. The molecule has 1 aliphatic heterocycles. The van der Waals surface area contributed by atoms with Crippen LogP contribution in [-0.4, -0.2) is 51.3 Å². The summed E-state index contributed by atoms with van der Waals surface area (Å²) in [5.41, 5.74) is 3.55. The van der Waals surface area contributed by atoms with Crippen LogP contribution in [0.4, 0.5) is 0 Å². The standard InChI is InChI=1S/C29H44O6Si/c1-6-32-26(31)10-9-25(30)29(35-36(3,4)5)16-13-24-23-8-7-20-19-28(33-17-18-34-28)15-12-21(20)22(23)11-14-27(24,29)2/h11,23-24H,6-10,12-19H2,1-5H3/t23-,24+,27+,29+/m1/s1. The SMILES string of the molecule is CCOC(=O)CCC(=O)[C@@]1(O[Si](C)(C)C)CC[C@H]2[C@@H]3CCC4=C(CCC5(C4)OCCO5)C3=CC[C@@]21C. The molecular formula is C29H44O6Si. The molecule has 0 aromatic rings. The molecule has 0 N–H and O–H groups in total. The molecule has 0 amide bonds. The summed E-state index contributed by atoms with van der Waals surface area (Å²) in [6.45, 7) is 12.4. The Bertz CT molecular complexity index is 971. The smallest absolute Gasteiger partial charge is 0.306 e. The van der Waals surface area contributed by atoms with Gasteiger partial charge in [-0.2, -0.15) is 0 Å². The summed E-state index contributed by atoms with van der Waals surface area (Å²) in [5.74, 6) is 0.326. The van der Waals surface area contributed by atoms with Gasteiger partial charge in [0.2, 0.25) is 0 Å². The quantitative estimate of drug-likeness (QED) is 0.311. The van der Waals surface area contributed by atoms with E-state index in [-0.39, 0.29) is 35.8 Å². The number of ketones is 1. The Morgan fingerprint density at radius 3 is 2.53 bits per heavy atom. The van der Waals surface area contributed by atoms with E-state index in [1.54, 1.807) is 12.5 Å². The Morgan fingerprint density at radius 1 is 1.08 bits per heavy atom. The van der Waals surface area contributed by atoms with Crippen molar-refractivity contribution in [3.63, 3.8) is 0 Å². The molecule has 0 unspecified atom stereocenters. The third kappa shape index (κ3) is 4.38. The molecule has 36 heavy (non-hydrogen) atoms. The van der Waals surface area contributed by atoms with Crippen LogP contribution in [0.15, 0.2) is 22.8 Å². The predicted molar refractivity (Wildman–Crippen MR) is 140 cm³/mol. The van der Waals surface area contributed by atoms with E-state index in [0.717, 1.165) is 51.4 Å². The number of carbonyl (C=O) groups excluding carboxylic acids is 2. The monoisotopic (exact) mass is 516 g/mol. The van der Waals surface area contributed by atoms with Gasteiger partial charge >= 0.3 is 5.97 Å².